The third-order valence-electron chi connectivity index (χ3n) is 2.90. The van der Waals surface area contributed by atoms with Crippen molar-refractivity contribution in [1.29, 1.82) is 0 Å². The molecule has 0 spiro atoms. The molecule has 0 bridgehead atoms. The van der Waals surface area contributed by atoms with Gasteiger partial charge in [0.05, 0.1) is 0 Å². The predicted octanol–water partition coefficient (Wildman–Crippen LogP) is 2.05. The maximum absolute atomic E-state index is 8.89. The summed E-state index contributed by atoms with van der Waals surface area (Å²) in [6.07, 6.45) is 5.86. The lowest BCUT2D eigenvalue weighted by Gasteiger charge is -2.31. The van der Waals surface area contributed by atoms with Crippen molar-refractivity contribution in [1.82, 2.24) is 4.90 Å². The highest BCUT2D eigenvalue weighted by Gasteiger charge is 2.18. The summed E-state index contributed by atoms with van der Waals surface area (Å²) in [7, 11) is 0. The van der Waals surface area contributed by atoms with Gasteiger partial charge in [-0.2, -0.15) is 0 Å². The van der Waals surface area contributed by atoms with Crippen LogP contribution in [0.4, 0.5) is 0 Å². The van der Waals surface area contributed by atoms with Crippen LogP contribution in [-0.2, 0) is 0 Å². The van der Waals surface area contributed by atoms with E-state index in [-0.39, 0.29) is 0 Å². The Morgan fingerprint density at radius 2 is 2.29 bits per heavy atom. The van der Waals surface area contributed by atoms with E-state index in [0.29, 0.717) is 6.61 Å². The molecular formula is C12H23NO. The van der Waals surface area contributed by atoms with Crippen molar-refractivity contribution in [2.75, 3.05) is 26.2 Å². The minimum absolute atomic E-state index is 0.348. The van der Waals surface area contributed by atoms with Gasteiger partial charge in [-0.15, -0.1) is 0 Å². The number of piperidine rings is 1. The van der Waals surface area contributed by atoms with Crippen molar-refractivity contribution in [3.63, 3.8) is 0 Å². The van der Waals surface area contributed by atoms with Crippen molar-refractivity contribution in [2.24, 2.45) is 5.92 Å². The highest BCUT2D eigenvalue weighted by Crippen LogP contribution is 2.18. The Bertz CT molecular complexity index is 183. The fourth-order valence-corrected chi connectivity index (χ4v) is 2.05. The first kappa shape index (κ1) is 11.7. The summed E-state index contributed by atoms with van der Waals surface area (Å²) in [6.45, 7) is 8.13. The Hall–Kier alpha value is -0.340. The van der Waals surface area contributed by atoms with Crippen LogP contribution >= 0.6 is 0 Å². The molecule has 1 aliphatic rings. The van der Waals surface area contributed by atoms with E-state index in [4.69, 9.17) is 5.11 Å². The molecule has 1 aliphatic heterocycles. The third-order valence-corrected chi connectivity index (χ3v) is 2.90. The molecular weight excluding hydrogens is 174 g/mol. The fourth-order valence-electron chi connectivity index (χ4n) is 2.05. The molecule has 0 amide bonds. The van der Waals surface area contributed by atoms with Crippen LogP contribution in [-0.4, -0.2) is 36.2 Å². The SMILES string of the molecule is CC(C)=CCN1CCCC(CCO)C1. The number of allylic oxidation sites excluding steroid dienone is 1. The minimum Gasteiger partial charge on any atom is -0.396 e. The molecule has 82 valence electrons. The molecule has 0 aromatic carbocycles. The largest absolute Gasteiger partial charge is 0.396 e. The first-order chi connectivity index (χ1) is 6.72. The maximum atomic E-state index is 8.89. The van der Waals surface area contributed by atoms with E-state index in [0.717, 1.165) is 18.9 Å². The van der Waals surface area contributed by atoms with Gasteiger partial charge in [0.15, 0.2) is 0 Å². The molecule has 1 fully saturated rings. The molecule has 0 aromatic rings. The smallest absolute Gasteiger partial charge is 0.0434 e. The Morgan fingerprint density at radius 3 is 2.93 bits per heavy atom. The highest BCUT2D eigenvalue weighted by molar-refractivity contribution is 4.95. The first-order valence-corrected chi connectivity index (χ1v) is 5.69. The molecule has 0 radical (unpaired) electrons. The fraction of sp³-hybridized carbons (Fsp3) is 0.833. The van der Waals surface area contributed by atoms with Crippen molar-refractivity contribution in [3.8, 4) is 0 Å². The van der Waals surface area contributed by atoms with Crippen LogP contribution in [0, 0.1) is 5.92 Å². The lowest BCUT2D eigenvalue weighted by Crippen LogP contribution is -2.35. The Balaban J connectivity index is 2.29. The number of likely N-dealkylation sites (tertiary alicyclic amines) is 1. The Labute approximate surface area is 87.6 Å². The quantitative estimate of drug-likeness (QED) is 0.697. The average Bonchev–Trinajstić information content (AvgIpc) is 2.16. The molecule has 14 heavy (non-hydrogen) atoms. The molecule has 1 unspecified atom stereocenters. The van der Waals surface area contributed by atoms with Crippen LogP contribution in [0.15, 0.2) is 11.6 Å². The molecule has 1 atom stereocenters. The Morgan fingerprint density at radius 1 is 1.50 bits per heavy atom. The second kappa shape index (κ2) is 6.20. The number of hydrogen-bond acceptors (Lipinski definition) is 2. The van der Waals surface area contributed by atoms with Gasteiger partial charge in [0.2, 0.25) is 0 Å². The third kappa shape index (κ3) is 4.25. The van der Waals surface area contributed by atoms with E-state index in [1.807, 2.05) is 0 Å². The Kier molecular flexibility index (Phi) is 5.20. The van der Waals surface area contributed by atoms with Gasteiger partial charge >= 0.3 is 0 Å². The van der Waals surface area contributed by atoms with Crippen molar-refractivity contribution < 1.29 is 5.11 Å². The molecule has 0 aromatic heterocycles. The maximum Gasteiger partial charge on any atom is 0.0434 e. The summed E-state index contributed by atoms with van der Waals surface area (Å²) in [5, 5.41) is 8.89. The van der Waals surface area contributed by atoms with E-state index in [9.17, 15) is 0 Å². The van der Waals surface area contributed by atoms with Crippen LogP contribution in [0.1, 0.15) is 33.1 Å². The lowest BCUT2D eigenvalue weighted by atomic mass is 9.95. The van der Waals surface area contributed by atoms with Crippen molar-refractivity contribution >= 4 is 0 Å². The van der Waals surface area contributed by atoms with E-state index < -0.39 is 0 Å². The van der Waals surface area contributed by atoms with Gasteiger partial charge in [-0.1, -0.05) is 11.6 Å². The predicted molar refractivity (Wildman–Crippen MR) is 60.3 cm³/mol. The van der Waals surface area contributed by atoms with Gasteiger partial charge in [0.1, 0.15) is 0 Å². The zero-order chi connectivity index (χ0) is 10.4. The van der Waals surface area contributed by atoms with Gasteiger partial charge in [-0.05, 0) is 45.6 Å². The minimum atomic E-state index is 0.348. The normalized spacial score (nSPS) is 23.5. The molecule has 1 N–H and O–H groups in total. The topological polar surface area (TPSA) is 23.5 Å². The van der Waals surface area contributed by atoms with Crippen molar-refractivity contribution in [2.45, 2.75) is 33.1 Å². The number of aliphatic hydroxyl groups is 1. The summed E-state index contributed by atoms with van der Waals surface area (Å²) in [5.74, 6) is 0.722. The molecule has 1 saturated heterocycles. The summed E-state index contributed by atoms with van der Waals surface area (Å²) >= 11 is 0. The van der Waals surface area contributed by atoms with Crippen LogP contribution in [0.5, 0.6) is 0 Å². The molecule has 2 nitrogen and oxygen atoms in total. The zero-order valence-corrected chi connectivity index (χ0v) is 9.50. The molecule has 0 saturated carbocycles. The monoisotopic (exact) mass is 197 g/mol. The van der Waals surface area contributed by atoms with Gasteiger partial charge in [-0.3, -0.25) is 4.90 Å². The average molecular weight is 197 g/mol. The van der Waals surface area contributed by atoms with Gasteiger partial charge in [-0.25, -0.2) is 0 Å². The van der Waals surface area contributed by atoms with Crippen LogP contribution in [0.2, 0.25) is 0 Å². The summed E-state index contributed by atoms with van der Waals surface area (Å²) in [6, 6.07) is 0. The van der Waals surface area contributed by atoms with E-state index in [2.05, 4.69) is 24.8 Å². The van der Waals surface area contributed by atoms with Crippen LogP contribution in [0.25, 0.3) is 0 Å². The highest BCUT2D eigenvalue weighted by atomic mass is 16.3. The number of hydrogen-bond donors (Lipinski definition) is 1. The zero-order valence-electron chi connectivity index (χ0n) is 9.50. The first-order valence-electron chi connectivity index (χ1n) is 5.69. The number of nitrogens with zero attached hydrogens (tertiary/aromatic N) is 1. The second-order valence-electron chi connectivity index (χ2n) is 4.56. The van der Waals surface area contributed by atoms with Gasteiger partial charge < -0.3 is 5.11 Å². The number of rotatable bonds is 4. The molecule has 1 rings (SSSR count). The summed E-state index contributed by atoms with van der Waals surface area (Å²) in [4.78, 5) is 2.50. The standard InChI is InChI=1S/C12H23NO/c1-11(2)5-8-13-7-3-4-12(10-13)6-9-14/h5,12,14H,3-4,6-10H2,1-2H3. The van der Waals surface area contributed by atoms with Gasteiger partial charge in [0.25, 0.3) is 0 Å². The number of aliphatic hydroxyl groups excluding tert-OH is 1. The van der Waals surface area contributed by atoms with Gasteiger partial charge in [0, 0.05) is 19.7 Å². The van der Waals surface area contributed by atoms with E-state index >= 15 is 0 Å². The molecule has 2 heteroatoms. The molecule has 1 heterocycles. The van der Waals surface area contributed by atoms with Crippen LogP contribution < -0.4 is 0 Å². The summed E-state index contributed by atoms with van der Waals surface area (Å²) < 4.78 is 0. The van der Waals surface area contributed by atoms with E-state index in [1.54, 1.807) is 0 Å². The van der Waals surface area contributed by atoms with E-state index in [1.165, 1.54) is 31.5 Å². The second-order valence-corrected chi connectivity index (χ2v) is 4.56. The van der Waals surface area contributed by atoms with Crippen LogP contribution in [0.3, 0.4) is 0 Å². The summed E-state index contributed by atoms with van der Waals surface area (Å²) in [5.41, 5.74) is 1.40. The molecule has 0 aliphatic carbocycles. The van der Waals surface area contributed by atoms with Crippen molar-refractivity contribution in [3.05, 3.63) is 11.6 Å². The lowest BCUT2D eigenvalue weighted by molar-refractivity contribution is 0.159.